The maximum absolute atomic E-state index is 11.9. The third-order valence-electron chi connectivity index (χ3n) is 2.75. The van der Waals surface area contributed by atoms with E-state index in [1.54, 1.807) is 13.2 Å². The molecule has 0 aliphatic rings. The Morgan fingerprint density at radius 1 is 1.37 bits per heavy atom. The van der Waals surface area contributed by atoms with Crippen LogP contribution in [0.4, 0.5) is 5.69 Å². The highest BCUT2D eigenvalue weighted by Gasteiger charge is 2.10. The van der Waals surface area contributed by atoms with E-state index in [2.05, 4.69) is 15.6 Å². The number of aryl methyl sites for hydroxylation is 1. The monoisotopic (exact) mass is 259 g/mol. The van der Waals surface area contributed by atoms with E-state index in [0.29, 0.717) is 12.2 Å². The summed E-state index contributed by atoms with van der Waals surface area (Å²) in [6.45, 7) is 0.462. The summed E-state index contributed by atoms with van der Waals surface area (Å²) in [5, 5.41) is 10.4. The van der Waals surface area contributed by atoms with Gasteiger partial charge in [-0.1, -0.05) is 23.4 Å². The molecule has 0 aliphatic heterocycles. The largest absolute Gasteiger partial charge is 0.377 e. The first kappa shape index (κ1) is 13.1. The molecule has 0 saturated carbocycles. The fourth-order valence-electron chi connectivity index (χ4n) is 1.81. The highest BCUT2D eigenvalue weighted by atomic mass is 16.2. The average molecular weight is 259 g/mol. The van der Waals surface area contributed by atoms with Gasteiger partial charge >= 0.3 is 0 Å². The van der Waals surface area contributed by atoms with E-state index in [9.17, 15) is 4.79 Å². The zero-order valence-electron chi connectivity index (χ0n) is 11.3. The summed E-state index contributed by atoms with van der Waals surface area (Å²) in [5.74, 6) is -0.221. The molecule has 2 aromatic rings. The van der Waals surface area contributed by atoms with E-state index in [1.807, 2.05) is 43.3 Å². The van der Waals surface area contributed by atoms with Gasteiger partial charge in [0.2, 0.25) is 0 Å². The van der Waals surface area contributed by atoms with Crippen LogP contribution in [-0.4, -0.2) is 35.0 Å². The number of hydrogen-bond acceptors (Lipinski definition) is 4. The number of anilines is 1. The van der Waals surface area contributed by atoms with Crippen molar-refractivity contribution in [1.82, 2.24) is 20.3 Å². The van der Waals surface area contributed by atoms with E-state index >= 15 is 0 Å². The SMILES string of the molecule is CN(C)c1ccccc1CNC(=O)c1cn(C)nn1. The van der Waals surface area contributed by atoms with Gasteiger partial charge in [0.05, 0.1) is 6.20 Å². The Morgan fingerprint density at radius 2 is 2.11 bits per heavy atom. The maximum atomic E-state index is 11.9. The van der Waals surface area contributed by atoms with Crippen molar-refractivity contribution in [2.75, 3.05) is 19.0 Å². The first-order valence-corrected chi connectivity index (χ1v) is 5.97. The number of rotatable bonds is 4. The van der Waals surface area contributed by atoms with Gasteiger partial charge in [-0.15, -0.1) is 5.10 Å². The molecule has 6 heteroatoms. The van der Waals surface area contributed by atoms with E-state index < -0.39 is 0 Å². The number of nitrogens with one attached hydrogen (secondary N) is 1. The molecule has 0 radical (unpaired) electrons. The second kappa shape index (κ2) is 5.51. The Bertz CT molecular complexity index is 576. The average Bonchev–Trinajstić information content (AvgIpc) is 2.83. The number of para-hydroxylation sites is 1. The molecule has 1 N–H and O–H groups in total. The van der Waals surface area contributed by atoms with Crippen LogP contribution in [0.5, 0.6) is 0 Å². The molecule has 1 aromatic carbocycles. The van der Waals surface area contributed by atoms with Crippen molar-refractivity contribution in [2.24, 2.45) is 7.05 Å². The van der Waals surface area contributed by atoms with Crippen molar-refractivity contribution < 1.29 is 4.79 Å². The van der Waals surface area contributed by atoms with Crippen molar-refractivity contribution in [3.05, 3.63) is 41.7 Å². The molecule has 0 bridgehead atoms. The van der Waals surface area contributed by atoms with E-state index in [4.69, 9.17) is 0 Å². The highest BCUT2D eigenvalue weighted by molar-refractivity contribution is 5.91. The van der Waals surface area contributed by atoms with Crippen LogP contribution in [0.25, 0.3) is 0 Å². The Labute approximate surface area is 112 Å². The molecule has 0 spiro atoms. The molecule has 1 amide bonds. The molecule has 0 aliphatic carbocycles. The molecule has 6 nitrogen and oxygen atoms in total. The lowest BCUT2D eigenvalue weighted by atomic mass is 10.1. The summed E-state index contributed by atoms with van der Waals surface area (Å²) in [4.78, 5) is 13.9. The lowest BCUT2D eigenvalue weighted by Crippen LogP contribution is -2.24. The number of benzene rings is 1. The van der Waals surface area contributed by atoms with Gasteiger partial charge < -0.3 is 10.2 Å². The zero-order valence-corrected chi connectivity index (χ0v) is 11.3. The fraction of sp³-hybridized carbons (Fsp3) is 0.308. The molecule has 19 heavy (non-hydrogen) atoms. The number of amides is 1. The minimum atomic E-state index is -0.221. The normalized spacial score (nSPS) is 10.3. The summed E-state index contributed by atoms with van der Waals surface area (Å²) < 4.78 is 1.50. The number of hydrogen-bond donors (Lipinski definition) is 1. The van der Waals surface area contributed by atoms with Gasteiger partial charge in [-0.2, -0.15) is 0 Å². The predicted octanol–water partition coefficient (Wildman–Crippen LogP) is 0.811. The second-order valence-corrected chi connectivity index (χ2v) is 4.48. The number of carbonyl (C=O) groups is 1. The standard InChI is InChI=1S/C13H17N5O/c1-17(2)12-7-5-4-6-10(12)8-14-13(19)11-9-18(3)16-15-11/h4-7,9H,8H2,1-3H3,(H,14,19). The van der Waals surface area contributed by atoms with Crippen LogP contribution in [-0.2, 0) is 13.6 Å². The van der Waals surface area contributed by atoms with Gasteiger partial charge in [0.15, 0.2) is 5.69 Å². The third-order valence-corrected chi connectivity index (χ3v) is 2.75. The van der Waals surface area contributed by atoms with E-state index in [1.165, 1.54) is 4.68 Å². The molecular weight excluding hydrogens is 242 g/mol. The highest BCUT2D eigenvalue weighted by Crippen LogP contribution is 2.17. The lowest BCUT2D eigenvalue weighted by molar-refractivity contribution is 0.0946. The van der Waals surface area contributed by atoms with Gasteiger partial charge in [0, 0.05) is 33.4 Å². The van der Waals surface area contributed by atoms with Crippen LogP contribution in [0, 0.1) is 0 Å². The molecule has 0 unspecified atom stereocenters. The molecule has 2 rings (SSSR count). The molecule has 0 saturated heterocycles. The fourth-order valence-corrected chi connectivity index (χ4v) is 1.81. The van der Waals surface area contributed by atoms with Gasteiger partial charge in [0.1, 0.15) is 0 Å². The minimum Gasteiger partial charge on any atom is -0.377 e. The van der Waals surface area contributed by atoms with E-state index in [0.717, 1.165) is 11.3 Å². The van der Waals surface area contributed by atoms with Crippen molar-refractivity contribution >= 4 is 11.6 Å². The maximum Gasteiger partial charge on any atom is 0.273 e. The molecule has 1 aromatic heterocycles. The summed E-state index contributed by atoms with van der Waals surface area (Å²) in [5.41, 5.74) is 2.47. The van der Waals surface area contributed by atoms with Crippen LogP contribution in [0.2, 0.25) is 0 Å². The number of carbonyl (C=O) groups excluding carboxylic acids is 1. The van der Waals surface area contributed by atoms with E-state index in [-0.39, 0.29) is 5.91 Å². The summed E-state index contributed by atoms with van der Waals surface area (Å²) in [6.07, 6.45) is 1.59. The van der Waals surface area contributed by atoms with Crippen LogP contribution in [0.3, 0.4) is 0 Å². The lowest BCUT2D eigenvalue weighted by Gasteiger charge is -2.17. The van der Waals surface area contributed by atoms with Crippen LogP contribution >= 0.6 is 0 Å². The Balaban J connectivity index is 2.05. The quantitative estimate of drug-likeness (QED) is 0.882. The predicted molar refractivity (Wildman–Crippen MR) is 72.9 cm³/mol. The molecule has 0 fully saturated rings. The molecule has 100 valence electrons. The van der Waals surface area contributed by atoms with Crippen molar-refractivity contribution in [3.63, 3.8) is 0 Å². The number of nitrogens with zero attached hydrogens (tertiary/aromatic N) is 4. The van der Waals surface area contributed by atoms with Crippen molar-refractivity contribution in [3.8, 4) is 0 Å². The van der Waals surface area contributed by atoms with Gasteiger partial charge in [-0.3, -0.25) is 9.48 Å². The first-order valence-electron chi connectivity index (χ1n) is 5.97. The second-order valence-electron chi connectivity index (χ2n) is 4.48. The van der Waals surface area contributed by atoms with Gasteiger partial charge in [0.25, 0.3) is 5.91 Å². The Hall–Kier alpha value is -2.37. The third kappa shape index (κ3) is 3.09. The summed E-state index contributed by atoms with van der Waals surface area (Å²) >= 11 is 0. The van der Waals surface area contributed by atoms with Crippen LogP contribution in [0.1, 0.15) is 16.1 Å². The number of aromatic nitrogens is 3. The molecule has 0 atom stereocenters. The first-order chi connectivity index (χ1) is 9.08. The minimum absolute atomic E-state index is 0.221. The van der Waals surface area contributed by atoms with Crippen molar-refractivity contribution in [2.45, 2.75) is 6.54 Å². The van der Waals surface area contributed by atoms with Gasteiger partial charge in [-0.05, 0) is 11.6 Å². The summed E-state index contributed by atoms with van der Waals surface area (Å²) in [7, 11) is 5.68. The Morgan fingerprint density at radius 3 is 2.74 bits per heavy atom. The van der Waals surface area contributed by atoms with Crippen LogP contribution < -0.4 is 10.2 Å². The van der Waals surface area contributed by atoms with Crippen molar-refractivity contribution in [1.29, 1.82) is 0 Å². The summed E-state index contributed by atoms with van der Waals surface area (Å²) in [6, 6.07) is 7.94. The van der Waals surface area contributed by atoms with Gasteiger partial charge in [-0.25, -0.2) is 0 Å². The molecule has 1 heterocycles. The zero-order chi connectivity index (χ0) is 13.8. The Kier molecular flexibility index (Phi) is 3.79. The van der Waals surface area contributed by atoms with Crippen LogP contribution in [0.15, 0.2) is 30.5 Å². The topological polar surface area (TPSA) is 63.1 Å². The molecular formula is C13H17N5O. The smallest absolute Gasteiger partial charge is 0.273 e.